The van der Waals surface area contributed by atoms with Gasteiger partial charge in [0, 0.05) is 17.3 Å². The van der Waals surface area contributed by atoms with Gasteiger partial charge in [0.05, 0.1) is 25.7 Å². The van der Waals surface area contributed by atoms with Gasteiger partial charge in [0.2, 0.25) is 5.91 Å². The number of aliphatic hydroxyl groups is 1. The number of aliphatic hydroxyl groups excluding tert-OH is 1. The van der Waals surface area contributed by atoms with Crippen LogP contribution in [0.15, 0.2) is 0 Å². The van der Waals surface area contributed by atoms with Crippen molar-refractivity contribution in [3.05, 3.63) is 0 Å². The maximum Gasteiger partial charge on any atom is 0.227 e. The van der Waals surface area contributed by atoms with E-state index in [1.54, 1.807) is 11.8 Å². The molecule has 0 saturated carbocycles. The lowest BCUT2D eigenvalue weighted by Crippen LogP contribution is -2.49. The Balaban J connectivity index is 2.47. The minimum absolute atomic E-state index is 0.0195. The summed E-state index contributed by atoms with van der Waals surface area (Å²) in [6.07, 6.45) is 2.98. The van der Waals surface area contributed by atoms with E-state index in [-0.39, 0.29) is 35.8 Å². The van der Waals surface area contributed by atoms with Gasteiger partial charge in [-0.05, 0) is 26.1 Å². The third kappa shape index (κ3) is 4.95. The van der Waals surface area contributed by atoms with Crippen molar-refractivity contribution in [2.45, 2.75) is 37.6 Å². The summed E-state index contributed by atoms with van der Waals surface area (Å²) >= 11 is 1.57. The van der Waals surface area contributed by atoms with Crippen molar-refractivity contribution >= 4 is 17.7 Å². The Morgan fingerprint density at radius 2 is 2.26 bits per heavy atom. The summed E-state index contributed by atoms with van der Waals surface area (Å²) in [7, 11) is 0. The molecule has 5 nitrogen and oxygen atoms in total. The summed E-state index contributed by atoms with van der Waals surface area (Å²) in [6.45, 7) is 6.07. The molecule has 1 rings (SSSR count). The van der Waals surface area contributed by atoms with Gasteiger partial charge >= 0.3 is 0 Å². The average Bonchev–Trinajstić information content (AvgIpc) is 2.86. The molecule has 0 radical (unpaired) electrons. The molecule has 0 aromatic heterocycles. The highest BCUT2D eigenvalue weighted by Crippen LogP contribution is 2.16. The number of hydrogen-bond acceptors (Lipinski definition) is 5. The Kier molecular flexibility index (Phi) is 7.75. The third-order valence-electron chi connectivity index (χ3n) is 3.48. The lowest BCUT2D eigenvalue weighted by molar-refractivity contribution is -0.126. The van der Waals surface area contributed by atoms with Crippen LogP contribution in [0.1, 0.15) is 20.3 Å². The molecule has 3 N–H and O–H groups in total. The lowest BCUT2D eigenvalue weighted by atomic mass is 10.0. The maximum atomic E-state index is 12.2. The quantitative estimate of drug-likeness (QED) is 0.597. The van der Waals surface area contributed by atoms with E-state index < -0.39 is 0 Å². The maximum absolute atomic E-state index is 12.2. The molecule has 112 valence electrons. The van der Waals surface area contributed by atoms with E-state index in [9.17, 15) is 9.90 Å². The zero-order chi connectivity index (χ0) is 14.3. The van der Waals surface area contributed by atoms with E-state index in [0.717, 1.165) is 13.0 Å². The second-order valence-corrected chi connectivity index (χ2v) is 6.04. The first kappa shape index (κ1) is 16.8. The van der Waals surface area contributed by atoms with E-state index >= 15 is 0 Å². The van der Waals surface area contributed by atoms with E-state index in [0.29, 0.717) is 13.2 Å². The van der Waals surface area contributed by atoms with Crippen molar-refractivity contribution in [3.63, 3.8) is 0 Å². The third-order valence-corrected chi connectivity index (χ3v) is 4.65. The van der Waals surface area contributed by atoms with Gasteiger partial charge in [0.1, 0.15) is 0 Å². The Labute approximate surface area is 119 Å². The minimum Gasteiger partial charge on any atom is -0.395 e. The number of ether oxygens (including phenoxy) is 1. The molecule has 4 unspecified atom stereocenters. The molecule has 19 heavy (non-hydrogen) atoms. The predicted octanol–water partition coefficient (Wildman–Crippen LogP) is 0.230. The van der Waals surface area contributed by atoms with Crippen LogP contribution in [0.3, 0.4) is 0 Å². The molecule has 0 spiro atoms. The lowest BCUT2D eigenvalue weighted by Gasteiger charge is -2.25. The first-order valence-electron chi connectivity index (χ1n) is 6.89. The van der Waals surface area contributed by atoms with Crippen LogP contribution in [0.4, 0.5) is 0 Å². The van der Waals surface area contributed by atoms with Crippen molar-refractivity contribution in [2.75, 3.05) is 32.6 Å². The molecule has 6 heteroatoms. The highest BCUT2D eigenvalue weighted by molar-refractivity contribution is 7.99. The summed E-state index contributed by atoms with van der Waals surface area (Å²) in [5.74, 6) is -0.110. The number of thioether (sulfide) groups is 1. The van der Waals surface area contributed by atoms with Crippen LogP contribution in [0.2, 0.25) is 0 Å². The van der Waals surface area contributed by atoms with Crippen molar-refractivity contribution in [1.82, 2.24) is 10.6 Å². The number of hydrogen-bond donors (Lipinski definition) is 3. The van der Waals surface area contributed by atoms with Crippen LogP contribution in [-0.2, 0) is 9.53 Å². The SMILES string of the molecule is CCCNC1COCC1C(=O)NC(C)C(CO)SC. The Bertz CT molecular complexity index is 275. The molecule has 0 bridgehead atoms. The standard InChI is InChI=1S/C13H26N2O3S/c1-4-5-14-11-8-18-7-10(11)13(17)15-9(2)12(6-16)19-3/h9-12,14,16H,4-8H2,1-3H3,(H,15,17). The molecular weight excluding hydrogens is 264 g/mol. The Hall–Kier alpha value is -0.300. The fraction of sp³-hybridized carbons (Fsp3) is 0.923. The summed E-state index contributed by atoms with van der Waals surface area (Å²) in [5.41, 5.74) is 0. The summed E-state index contributed by atoms with van der Waals surface area (Å²) in [5, 5.41) is 15.6. The van der Waals surface area contributed by atoms with Gasteiger partial charge in [-0.2, -0.15) is 11.8 Å². The van der Waals surface area contributed by atoms with E-state index in [2.05, 4.69) is 17.6 Å². The van der Waals surface area contributed by atoms with Gasteiger partial charge in [-0.1, -0.05) is 6.92 Å². The summed E-state index contributed by atoms with van der Waals surface area (Å²) < 4.78 is 5.40. The molecule has 4 atom stereocenters. The van der Waals surface area contributed by atoms with Crippen LogP contribution >= 0.6 is 11.8 Å². The topological polar surface area (TPSA) is 70.6 Å². The molecule has 1 aliphatic rings. The molecule has 1 amide bonds. The van der Waals surface area contributed by atoms with Gasteiger partial charge < -0.3 is 20.5 Å². The highest BCUT2D eigenvalue weighted by Gasteiger charge is 2.34. The fourth-order valence-corrected chi connectivity index (χ4v) is 2.83. The van der Waals surface area contributed by atoms with Crippen LogP contribution in [0.5, 0.6) is 0 Å². The van der Waals surface area contributed by atoms with Crippen molar-refractivity contribution in [2.24, 2.45) is 5.92 Å². The van der Waals surface area contributed by atoms with Gasteiger partial charge in [-0.25, -0.2) is 0 Å². The van der Waals surface area contributed by atoms with E-state index in [4.69, 9.17) is 4.74 Å². The Morgan fingerprint density at radius 3 is 2.84 bits per heavy atom. The largest absolute Gasteiger partial charge is 0.395 e. The first-order valence-corrected chi connectivity index (χ1v) is 8.18. The molecular formula is C13H26N2O3S. The molecule has 0 aromatic carbocycles. The second-order valence-electron chi connectivity index (χ2n) is 4.96. The normalized spacial score (nSPS) is 26.1. The van der Waals surface area contributed by atoms with Gasteiger partial charge in [0.25, 0.3) is 0 Å². The average molecular weight is 290 g/mol. The number of amides is 1. The van der Waals surface area contributed by atoms with Crippen molar-refractivity contribution in [1.29, 1.82) is 0 Å². The number of nitrogens with one attached hydrogen (secondary N) is 2. The number of carbonyl (C=O) groups is 1. The van der Waals surface area contributed by atoms with Crippen LogP contribution in [0, 0.1) is 5.92 Å². The summed E-state index contributed by atoms with van der Waals surface area (Å²) in [4.78, 5) is 12.2. The molecule has 1 aliphatic heterocycles. The molecule has 1 fully saturated rings. The molecule has 0 aliphatic carbocycles. The zero-order valence-corrected chi connectivity index (χ0v) is 12.8. The molecule has 1 saturated heterocycles. The van der Waals surface area contributed by atoms with E-state index in [1.807, 2.05) is 13.2 Å². The number of rotatable bonds is 8. The van der Waals surface area contributed by atoms with Gasteiger partial charge in [-0.3, -0.25) is 4.79 Å². The van der Waals surface area contributed by atoms with Crippen LogP contribution < -0.4 is 10.6 Å². The monoisotopic (exact) mass is 290 g/mol. The minimum atomic E-state index is -0.129. The smallest absolute Gasteiger partial charge is 0.227 e. The molecule has 1 heterocycles. The highest BCUT2D eigenvalue weighted by atomic mass is 32.2. The van der Waals surface area contributed by atoms with Crippen molar-refractivity contribution in [3.8, 4) is 0 Å². The summed E-state index contributed by atoms with van der Waals surface area (Å²) in [6, 6.07) is 0.0638. The fourth-order valence-electron chi connectivity index (χ4n) is 2.20. The number of carbonyl (C=O) groups excluding carboxylic acids is 1. The van der Waals surface area contributed by atoms with Crippen LogP contribution in [-0.4, -0.2) is 61.0 Å². The molecule has 0 aromatic rings. The van der Waals surface area contributed by atoms with Crippen molar-refractivity contribution < 1.29 is 14.6 Å². The van der Waals surface area contributed by atoms with Gasteiger partial charge in [-0.15, -0.1) is 0 Å². The first-order chi connectivity index (χ1) is 9.13. The Morgan fingerprint density at radius 1 is 1.53 bits per heavy atom. The van der Waals surface area contributed by atoms with Crippen LogP contribution in [0.25, 0.3) is 0 Å². The van der Waals surface area contributed by atoms with Gasteiger partial charge in [0.15, 0.2) is 0 Å². The predicted molar refractivity (Wildman–Crippen MR) is 78.4 cm³/mol. The second kappa shape index (κ2) is 8.79. The van der Waals surface area contributed by atoms with E-state index in [1.165, 1.54) is 0 Å². The zero-order valence-electron chi connectivity index (χ0n) is 12.0.